The summed E-state index contributed by atoms with van der Waals surface area (Å²) >= 11 is 0. The summed E-state index contributed by atoms with van der Waals surface area (Å²) in [5, 5.41) is 16.8. The summed E-state index contributed by atoms with van der Waals surface area (Å²) in [6, 6.07) is 7.51. The molecule has 0 amide bonds. The van der Waals surface area contributed by atoms with Gasteiger partial charge in [0.15, 0.2) is 5.69 Å². The minimum absolute atomic E-state index is 0.0158. The number of hydrogen-bond acceptors (Lipinski definition) is 5. The summed E-state index contributed by atoms with van der Waals surface area (Å²) in [5.74, 6) is -0.505. The van der Waals surface area contributed by atoms with E-state index in [0.29, 0.717) is 12.2 Å². The van der Waals surface area contributed by atoms with E-state index in [9.17, 15) is 4.79 Å². The van der Waals surface area contributed by atoms with E-state index in [1.54, 1.807) is 11.6 Å². The number of ether oxygens (including phenoxy) is 1. The highest BCUT2D eigenvalue weighted by Gasteiger charge is 2.17. The number of nitrogens with zero attached hydrogens (tertiary/aromatic N) is 3. The maximum Gasteiger partial charge on any atom is 0.361 e. The van der Waals surface area contributed by atoms with Crippen LogP contribution in [-0.4, -0.2) is 32.7 Å². The van der Waals surface area contributed by atoms with Crippen LogP contribution in [0.1, 0.15) is 27.3 Å². The lowest BCUT2D eigenvalue weighted by molar-refractivity contribution is 0.0542. The molecule has 1 aromatic carbocycles. The van der Waals surface area contributed by atoms with Gasteiger partial charge in [-0.05, 0) is 18.1 Å². The highest BCUT2D eigenvalue weighted by atomic mass is 16.5. The molecule has 6 nitrogen and oxygen atoms in total. The van der Waals surface area contributed by atoms with Crippen molar-refractivity contribution in [3.63, 3.8) is 0 Å². The van der Waals surface area contributed by atoms with E-state index in [2.05, 4.69) is 16.9 Å². The fraction of sp³-hybridized carbons (Fsp3) is 0.267. The van der Waals surface area contributed by atoms with Gasteiger partial charge in [-0.15, -0.1) is 5.10 Å². The number of hydrogen-bond donors (Lipinski definition) is 1. The molecule has 0 atom stereocenters. The number of aliphatic hydroxyl groups excluding tert-OH is 1. The second-order valence-electron chi connectivity index (χ2n) is 4.54. The van der Waals surface area contributed by atoms with Gasteiger partial charge in [0.2, 0.25) is 0 Å². The van der Waals surface area contributed by atoms with Gasteiger partial charge in [0.25, 0.3) is 0 Å². The van der Waals surface area contributed by atoms with Crippen molar-refractivity contribution in [3.05, 3.63) is 59.4 Å². The molecule has 0 aliphatic heterocycles. The van der Waals surface area contributed by atoms with Crippen LogP contribution < -0.4 is 0 Å². The number of aromatic nitrogens is 3. The molecule has 0 saturated heterocycles. The van der Waals surface area contributed by atoms with Gasteiger partial charge in [-0.25, -0.2) is 9.48 Å². The van der Waals surface area contributed by atoms with Crippen molar-refractivity contribution in [2.75, 3.05) is 6.61 Å². The number of carbonyl (C=O) groups excluding carboxylic acids is 1. The van der Waals surface area contributed by atoms with Crippen molar-refractivity contribution in [2.45, 2.75) is 20.1 Å². The molecule has 2 rings (SSSR count). The molecular formula is C15H17N3O3. The molecular weight excluding hydrogens is 270 g/mol. The van der Waals surface area contributed by atoms with Crippen LogP contribution in [0.5, 0.6) is 0 Å². The van der Waals surface area contributed by atoms with Gasteiger partial charge < -0.3 is 9.84 Å². The van der Waals surface area contributed by atoms with E-state index < -0.39 is 5.97 Å². The molecule has 0 aliphatic carbocycles. The summed E-state index contributed by atoms with van der Waals surface area (Å²) in [6.45, 7) is 5.92. The summed E-state index contributed by atoms with van der Waals surface area (Å²) < 4.78 is 6.59. The smallest absolute Gasteiger partial charge is 0.361 e. The molecule has 21 heavy (non-hydrogen) atoms. The van der Waals surface area contributed by atoms with Gasteiger partial charge in [0, 0.05) is 0 Å². The fourth-order valence-corrected chi connectivity index (χ4v) is 1.83. The first-order valence-corrected chi connectivity index (χ1v) is 6.52. The third-order valence-electron chi connectivity index (χ3n) is 3.05. The summed E-state index contributed by atoms with van der Waals surface area (Å²) in [5.41, 5.74) is 2.72. The Hall–Kier alpha value is -2.47. The SMILES string of the molecule is C=CCOC(=O)c1nnn(Cc2ccc(CO)cc2)c1C. The van der Waals surface area contributed by atoms with Crippen molar-refractivity contribution in [2.24, 2.45) is 0 Å². The summed E-state index contributed by atoms with van der Waals surface area (Å²) in [6.07, 6.45) is 1.50. The molecule has 0 spiro atoms. The zero-order valence-corrected chi connectivity index (χ0v) is 11.8. The van der Waals surface area contributed by atoms with Crippen LogP contribution in [0.2, 0.25) is 0 Å². The Labute approximate surface area is 122 Å². The maximum atomic E-state index is 11.8. The van der Waals surface area contributed by atoms with Crippen LogP contribution in [-0.2, 0) is 17.9 Å². The van der Waals surface area contributed by atoms with Crippen molar-refractivity contribution < 1.29 is 14.6 Å². The standard InChI is InChI=1S/C15H17N3O3/c1-3-8-21-15(20)14-11(2)18(17-16-14)9-12-4-6-13(10-19)7-5-12/h3-7,19H,1,8-10H2,2H3. The summed E-state index contributed by atoms with van der Waals surface area (Å²) in [4.78, 5) is 11.8. The van der Waals surface area contributed by atoms with E-state index in [1.807, 2.05) is 24.3 Å². The van der Waals surface area contributed by atoms with E-state index in [-0.39, 0.29) is 18.9 Å². The minimum atomic E-state index is -0.505. The van der Waals surface area contributed by atoms with Gasteiger partial charge in [-0.1, -0.05) is 42.1 Å². The van der Waals surface area contributed by atoms with E-state index in [1.165, 1.54) is 6.08 Å². The highest BCUT2D eigenvalue weighted by Crippen LogP contribution is 2.10. The van der Waals surface area contributed by atoms with Crippen LogP contribution in [0.3, 0.4) is 0 Å². The molecule has 0 fully saturated rings. The number of rotatable bonds is 6. The first-order chi connectivity index (χ1) is 10.2. The summed E-state index contributed by atoms with van der Waals surface area (Å²) in [7, 11) is 0. The van der Waals surface area contributed by atoms with Gasteiger partial charge in [0.05, 0.1) is 18.8 Å². The average molecular weight is 287 g/mol. The van der Waals surface area contributed by atoms with E-state index >= 15 is 0 Å². The first-order valence-electron chi connectivity index (χ1n) is 6.52. The largest absolute Gasteiger partial charge is 0.457 e. The van der Waals surface area contributed by atoms with Crippen LogP contribution in [0.4, 0.5) is 0 Å². The Bertz CT molecular complexity index is 632. The number of aliphatic hydroxyl groups is 1. The van der Waals surface area contributed by atoms with E-state index in [0.717, 1.165) is 11.1 Å². The molecule has 0 radical (unpaired) electrons. The second-order valence-corrected chi connectivity index (χ2v) is 4.54. The molecule has 0 aliphatic rings. The Balaban J connectivity index is 2.12. The van der Waals surface area contributed by atoms with Crippen molar-refractivity contribution >= 4 is 5.97 Å². The maximum absolute atomic E-state index is 11.8. The lowest BCUT2D eigenvalue weighted by atomic mass is 10.1. The average Bonchev–Trinajstić information content (AvgIpc) is 2.87. The number of carbonyl (C=O) groups is 1. The van der Waals surface area contributed by atoms with Crippen LogP contribution >= 0.6 is 0 Å². The Kier molecular flexibility index (Phi) is 4.84. The molecule has 6 heteroatoms. The lowest BCUT2D eigenvalue weighted by Crippen LogP contribution is -2.09. The Morgan fingerprint density at radius 1 is 1.38 bits per heavy atom. The molecule has 1 aromatic heterocycles. The van der Waals surface area contributed by atoms with Gasteiger partial charge in [0.1, 0.15) is 6.61 Å². The molecule has 2 aromatic rings. The van der Waals surface area contributed by atoms with Gasteiger partial charge in [-0.3, -0.25) is 0 Å². The second kappa shape index (κ2) is 6.81. The molecule has 110 valence electrons. The topological polar surface area (TPSA) is 77.2 Å². The molecule has 0 unspecified atom stereocenters. The third kappa shape index (κ3) is 3.55. The Morgan fingerprint density at radius 2 is 2.05 bits per heavy atom. The fourth-order valence-electron chi connectivity index (χ4n) is 1.83. The van der Waals surface area contributed by atoms with Crippen LogP contribution in [0, 0.1) is 6.92 Å². The quantitative estimate of drug-likeness (QED) is 0.643. The zero-order chi connectivity index (χ0) is 15.2. The van der Waals surface area contributed by atoms with Crippen LogP contribution in [0.15, 0.2) is 36.9 Å². The van der Waals surface area contributed by atoms with Crippen molar-refractivity contribution in [1.29, 1.82) is 0 Å². The predicted octanol–water partition coefficient (Wildman–Crippen LogP) is 1.47. The number of benzene rings is 1. The van der Waals surface area contributed by atoms with E-state index in [4.69, 9.17) is 9.84 Å². The molecule has 1 heterocycles. The minimum Gasteiger partial charge on any atom is -0.457 e. The first kappa shape index (κ1) is 14.9. The third-order valence-corrected chi connectivity index (χ3v) is 3.05. The highest BCUT2D eigenvalue weighted by molar-refractivity contribution is 5.88. The number of esters is 1. The zero-order valence-electron chi connectivity index (χ0n) is 11.8. The molecule has 1 N–H and O–H groups in total. The predicted molar refractivity (Wildman–Crippen MR) is 76.7 cm³/mol. The molecule has 0 saturated carbocycles. The lowest BCUT2D eigenvalue weighted by Gasteiger charge is -2.05. The normalized spacial score (nSPS) is 10.4. The monoisotopic (exact) mass is 287 g/mol. The van der Waals surface area contributed by atoms with Crippen molar-refractivity contribution in [1.82, 2.24) is 15.0 Å². The van der Waals surface area contributed by atoms with Gasteiger partial charge >= 0.3 is 5.97 Å². The molecule has 0 bridgehead atoms. The van der Waals surface area contributed by atoms with Gasteiger partial charge in [-0.2, -0.15) is 0 Å². The van der Waals surface area contributed by atoms with Crippen LogP contribution in [0.25, 0.3) is 0 Å². The Morgan fingerprint density at radius 3 is 2.67 bits per heavy atom. The van der Waals surface area contributed by atoms with Crippen molar-refractivity contribution in [3.8, 4) is 0 Å².